The number of aliphatic hydroxyl groups is 1. The predicted molar refractivity (Wildman–Crippen MR) is 77.7 cm³/mol. The molecule has 2 bridgehead atoms. The Morgan fingerprint density at radius 3 is 2.71 bits per heavy atom. The molecule has 3 aliphatic rings. The number of aryl methyl sites for hydroxylation is 1. The summed E-state index contributed by atoms with van der Waals surface area (Å²) in [6.45, 7) is 0. The van der Waals surface area contributed by atoms with E-state index < -0.39 is 6.10 Å². The SMILES string of the molecule is Cn1c(=O)oc2cc(C(O)C3C4C5CCC(C5)C43)ccc21. The highest BCUT2D eigenvalue weighted by Crippen LogP contribution is 2.72. The highest BCUT2D eigenvalue weighted by Gasteiger charge is 2.66. The fourth-order valence-corrected chi connectivity index (χ4v) is 5.37. The number of hydrogen-bond donors (Lipinski definition) is 1. The Hall–Kier alpha value is -1.55. The summed E-state index contributed by atoms with van der Waals surface area (Å²) in [6, 6.07) is 5.67. The molecule has 5 unspecified atom stereocenters. The van der Waals surface area contributed by atoms with Gasteiger partial charge in [0.1, 0.15) is 0 Å². The number of rotatable bonds is 2. The lowest BCUT2D eigenvalue weighted by Crippen LogP contribution is -2.09. The van der Waals surface area contributed by atoms with E-state index in [4.69, 9.17) is 4.42 Å². The fourth-order valence-electron chi connectivity index (χ4n) is 5.37. The third kappa shape index (κ3) is 1.46. The molecular weight excluding hydrogens is 266 g/mol. The van der Waals surface area contributed by atoms with Gasteiger partial charge in [0.15, 0.2) is 5.58 Å². The molecule has 3 fully saturated rings. The van der Waals surface area contributed by atoms with E-state index in [-0.39, 0.29) is 5.76 Å². The van der Waals surface area contributed by atoms with Crippen LogP contribution in [-0.4, -0.2) is 9.67 Å². The van der Waals surface area contributed by atoms with Crippen LogP contribution in [0.4, 0.5) is 0 Å². The van der Waals surface area contributed by atoms with Crippen LogP contribution in [0.15, 0.2) is 27.4 Å². The Morgan fingerprint density at radius 1 is 1.29 bits per heavy atom. The summed E-state index contributed by atoms with van der Waals surface area (Å²) in [4.78, 5) is 11.6. The largest absolute Gasteiger partial charge is 0.419 e. The highest BCUT2D eigenvalue weighted by atomic mass is 16.4. The number of oxazole rings is 1. The second-order valence-corrected chi connectivity index (χ2v) is 7.16. The van der Waals surface area contributed by atoms with Gasteiger partial charge >= 0.3 is 5.76 Å². The molecule has 1 aromatic heterocycles. The molecule has 3 aliphatic carbocycles. The second kappa shape index (κ2) is 3.80. The van der Waals surface area contributed by atoms with Crippen molar-refractivity contribution in [1.82, 2.24) is 4.57 Å². The summed E-state index contributed by atoms with van der Waals surface area (Å²) in [5.41, 5.74) is 2.26. The van der Waals surface area contributed by atoms with Crippen LogP contribution in [-0.2, 0) is 7.05 Å². The summed E-state index contributed by atoms with van der Waals surface area (Å²) >= 11 is 0. The van der Waals surface area contributed by atoms with Crippen LogP contribution in [0.5, 0.6) is 0 Å². The summed E-state index contributed by atoms with van der Waals surface area (Å²) < 4.78 is 6.73. The minimum atomic E-state index is -0.404. The average Bonchev–Trinajstić information content (AvgIpc) is 2.77. The van der Waals surface area contributed by atoms with Gasteiger partial charge in [-0.15, -0.1) is 0 Å². The average molecular weight is 285 g/mol. The molecule has 0 saturated heterocycles. The third-order valence-electron chi connectivity index (χ3n) is 6.32. The van der Waals surface area contributed by atoms with Gasteiger partial charge in [-0.1, -0.05) is 6.07 Å². The monoisotopic (exact) mass is 285 g/mol. The molecule has 1 heterocycles. The molecule has 1 N–H and O–H groups in total. The molecule has 0 radical (unpaired) electrons. The Bertz CT molecular complexity index is 773. The van der Waals surface area contributed by atoms with Crippen molar-refractivity contribution in [2.24, 2.45) is 36.6 Å². The molecular formula is C17H19NO3. The molecule has 4 nitrogen and oxygen atoms in total. The molecule has 5 rings (SSSR count). The van der Waals surface area contributed by atoms with Gasteiger partial charge < -0.3 is 9.52 Å². The standard InChI is InChI=1S/C17H19NO3/c1-18-11-5-4-10(7-12(11)21-17(18)20)16(19)15-13-8-2-3-9(6-8)14(13)15/h4-5,7-9,13-16,19H,2-3,6H2,1H3. The first-order valence-electron chi connectivity index (χ1n) is 7.92. The molecule has 1 aromatic carbocycles. The molecule has 0 spiro atoms. The molecule has 3 saturated carbocycles. The zero-order valence-corrected chi connectivity index (χ0v) is 12.0. The van der Waals surface area contributed by atoms with Crippen molar-refractivity contribution >= 4 is 11.1 Å². The van der Waals surface area contributed by atoms with Crippen molar-refractivity contribution in [3.63, 3.8) is 0 Å². The van der Waals surface area contributed by atoms with E-state index in [0.29, 0.717) is 11.5 Å². The molecule has 21 heavy (non-hydrogen) atoms. The van der Waals surface area contributed by atoms with E-state index in [1.807, 2.05) is 18.2 Å². The maximum atomic E-state index is 11.6. The Morgan fingerprint density at radius 2 is 2.00 bits per heavy atom. The highest BCUT2D eigenvalue weighted by molar-refractivity contribution is 5.73. The number of nitrogens with zero attached hydrogens (tertiary/aromatic N) is 1. The molecule has 2 aromatic rings. The van der Waals surface area contributed by atoms with E-state index in [2.05, 4.69) is 0 Å². The molecule has 0 aliphatic heterocycles. The van der Waals surface area contributed by atoms with Crippen LogP contribution in [0, 0.1) is 29.6 Å². The zero-order chi connectivity index (χ0) is 14.3. The first-order chi connectivity index (χ1) is 10.1. The molecule has 110 valence electrons. The number of aromatic nitrogens is 1. The van der Waals surface area contributed by atoms with Gasteiger partial charge in [0.2, 0.25) is 0 Å². The zero-order valence-electron chi connectivity index (χ0n) is 12.0. The Kier molecular flexibility index (Phi) is 2.18. The predicted octanol–water partition coefficient (Wildman–Crippen LogP) is 2.46. The van der Waals surface area contributed by atoms with Gasteiger partial charge in [0, 0.05) is 7.05 Å². The van der Waals surface area contributed by atoms with Gasteiger partial charge in [-0.05, 0) is 66.5 Å². The van der Waals surface area contributed by atoms with E-state index in [9.17, 15) is 9.90 Å². The second-order valence-electron chi connectivity index (χ2n) is 7.16. The molecule has 0 amide bonds. The van der Waals surface area contributed by atoms with E-state index in [0.717, 1.165) is 34.8 Å². The number of hydrogen-bond acceptors (Lipinski definition) is 3. The maximum absolute atomic E-state index is 11.6. The van der Waals surface area contributed by atoms with Gasteiger partial charge in [-0.3, -0.25) is 4.57 Å². The van der Waals surface area contributed by atoms with Crippen molar-refractivity contribution in [2.75, 3.05) is 0 Å². The van der Waals surface area contributed by atoms with Crippen LogP contribution in [0.3, 0.4) is 0 Å². The summed E-state index contributed by atoms with van der Waals surface area (Å²) in [7, 11) is 1.70. The van der Waals surface area contributed by atoms with Crippen LogP contribution >= 0.6 is 0 Å². The van der Waals surface area contributed by atoms with Gasteiger partial charge in [0.25, 0.3) is 0 Å². The lowest BCUT2D eigenvalue weighted by Gasteiger charge is -2.15. The van der Waals surface area contributed by atoms with Crippen molar-refractivity contribution in [3.05, 3.63) is 34.3 Å². The van der Waals surface area contributed by atoms with Crippen molar-refractivity contribution < 1.29 is 9.52 Å². The normalized spacial score (nSPS) is 37.9. The summed E-state index contributed by atoms with van der Waals surface area (Å²) in [6.07, 6.45) is 3.72. The minimum Gasteiger partial charge on any atom is -0.408 e. The minimum absolute atomic E-state index is 0.349. The third-order valence-corrected chi connectivity index (χ3v) is 6.32. The molecule has 4 heteroatoms. The van der Waals surface area contributed by atoms with E-state index in [1.54, 1.807) is 7.05 Å². The van der Waals surface area contributed by atoms with E-state index in [1.165, 1.54) is 23.8 Å². The van der Waals surface area contributed by atoms with Gasteiger partial charge in [-0.25, -0.2) is 4.79 Å². The van der Waals surface area contributed by atoms with Gasteiger partial charge in [0.05, 0.1) is 11.6 Å². The number of aliphatic hydroxyl groups excluding tert-OH is 1. The van der Waals surface area contributed by atoms with Crippen LogP contribution in [0.1, 0.15) is 30.9 Å². The number of fused-ring (bicyclic) bond motifs is 6. The first kappa shape index (κ1) is 12.0. The summed E-state index contributed by atoms with van der Waals surface area (Å²) in [5, 5.41) is 10.7. The lowest BCUT2D eigenvalue weighted by molar-refractivity contribution is 0.130. The van der Waals surface area contributed by atoms with Crippen LogP contribution in [0.2, 0.25) is 0 Å². The summed E-state index contributed by atoms with van der Waals surface area (Å²) in [5.74, 6) is 3.30. The van der Waals surface area contributed by atoms with Crippen LogP contribution < -0.4 is 5.76 Å². The Labute approximate surface area is 122 Å². The van der Waals surface area contributed by atoms with Gasteiger partial charge in [-0.2, -0.15) is 0 Å². The first-order valence-corrected chi connectivity index (χ1v) is 7.92. The number of benzene rings is 1. The topological polar surface area (TPSA) is 55.4 Å². The van der Waals surface area contributed by atoms with Crippen molar-refractivity contribution in [3.8, 4) is 0 Å². The van der Waals surface area contributed by atoms with Crippen molar-refractivity contribution in [2.45, 2.75) is 25.4 Å². The van der Waals surface area contributed by atoms with Crippen LogP contribution in [0.25, 0.3) is 11.1 Å². The fraction of sp³-hybridized carbons (Fsp3) is 0.588. The smallest absolute Gasteiger partial charge is 0.408 e. The Balaban J connectivity index is 1.49. The maximum Gasteiger partial charge on any atom is 0.419 e. The molecule has 5 atom stereocenters. The van der Waals surface area contributed by atoms with Crippen molar-refractivity contribution in [1.29, 1.82) is 0 Å². The lowest BCUT2D eigenvalue weighted by atomic mass is 9.95. The van der Waals surface area contributed by atoms with E-state index >= 15 is 0 Å². The quantitative estimate of drug-likeness (QED) is 0.922.